The predicted molar refractivity (Wildman–Crippen MR) is 77.1 cm³/mol. The molecule has 3 aromatic rings. The summed E-state index contributed by atoms with van der Waals surface area (Å²) in [4.78, 5) is 32.3. The fourth-order valence-corrected chi connectivity index (χ4v) is 2.87. The van der Waals surface area contributed by atoms with E-state index in [0.29, 0.717) is 4.88 Å². The van der Waals surface area contributed by atoms with Crippen LogP contribution in [0.4, 0.5) is 0 Å². The molecule has 1 aromatic carbocycles. The molecule has 0 spiro atoms. The van der Waals surface area contributed by atoms with Crippen LogP contribution in [0, 0.1) is 0 Å². The maximum Gasteiger partial charge on any atom is 0.207 e. The van der Waals surface area contributed by atoms with Gasteiger partial charge in [0.1, 0.15) is 0 Å². The Labute approximate surface area is 119 Å². The Kier molecular flexibility index (Phi) is 3.35. The van der Waals surface area contributed by atoms with Crippen molar-refractivity contribution >= 4 is 33.0 Å². The van der Waals surface area contributed by atoms with Gasteiger partial charge in [-0.05, 0) is 23.6 Å². The number of carbonyl (C=O) groups is 2. The van der Waals surface area contributed by atoms with Gasteiger partial charge in [-0.15, -0.1) is 11.3 Å². The van der Waals surface area contributed by atoms with Gasteiger partial charge in [0.25, 0.3) is 0 Å². The van der Waals surface area contributed by atoms with E-state index in [9.17, 15) is 9.59 Å². The van der Waals surface area contributed by atoms with Gasteiger partial charge in [-0.2, -0.15) is 0 Å². The average molecular weight is 282 g/mol. The molecule has 0 saturated carbocycles. The molecule has 4 nitrogen and oxygen atoms in total. The highest BCUT2D eigenvalue weighted by Crippen LogP contribution is 2.26. The maximum atomic E-state index is 12.1. The molecular weight excluding hydrogens is 272 g/mol. The monoisotopic (exact) mass is 282 g/mol. The third-order valence-electron chi connectivity index (χ3n) is 2.84. The Morgan fingerprint density at radius 1 is 1.00 bits per heavy atom. The van der Waals surface area contributed by atoms with Gasteiger partial charge in [0.2, 0.25) is 5.78 Å². The Bertz CT molecular complexity index is 748. The van der Waals surface area contributed by atoms with E-state index in [-0.39, 0.29) is 23.8 Å². The lowest BCUT2D eigenvalue weighted by Gasteiger charge is -1.96. The van der Waals surface area contributed by atoms with Crippen LogP contribution < -0.4 is 0 Å². The second kappa shape index (κ2) is 5.30. The van der Waals surface area contributed by atoms with E-state index in [2.05, 4.69) is 9.97 Å². The van der Waals surface area contributed by atoms with Crippen LogP contribution in [0.25, 0.3) is 10.1 Å². The number of hydrogen-bond donors (Lipinski definition) is 0. The summed E-state index contributed by atoms with van der Waals surface area (Å²) in [5, 5.41) is 1.02. The summed E-state index contributed by atoms with van der Waals surface area (Å²) < 4.78 is 1.04. The van der Waals surface area contributed by atoms with E-state index in [1.807, 2.05) is 30.3 Å². The summed E-state index contributed by atoms with van der Waals surface area (Å²) in [5.41, 5.74) is 0. The standard InChI is InChI=1S/C15H10N2O2S/c18-11(9-12(19)15-16-6-3-7-17-15)14-8-10-4-1-2-5-13(10)20-14/h1-8H,9H2. The molecule has 20 heavy (non-hydrogen) atoms. The molecule has 3 rings (SSSR count). The van der Waals surface area contributed by atoms with Crippen molar-refractivity contribution in [2.45, 2.75) is 6.42 Å². The summed E-state index contributed by atoms with van der Waals surface area (Å²) >= 11 is 1.40. The van der Waals surface area contributed by atoms with Crippen LogP contribution in [0.15, 0.2) is 48.8 Å². The van der Waals surface area contributed by atoms with Gasteiger partial charge in [-0.3, -0.25) is 9.59 Å². The molecule has 0 aliphatic carbocycles. The molecule has 2 aromatic heterocycles. The lowest BCUT2D eigenvalue weighted by atomic mass is 10.1. The van der Waals surface area contributed by atoms with Gasteiger partial charge in [-0.25, -0.2) is 9.97 Å². The Morgan fingerprint density at radius 2 is 1.75 bits per heavy atom. The van der Waals surface area contributed by atoms with Gasteiger partial charge < -0.3 is 0 Å². The first-order chi connectivity index (χ1) is 9.74. The van der Waals surface area contributed by atoms with Gasteiger partial charge in [-0.1, -0.05) is 18.2 Å². The molecule has 0 atom stereocenters. The molecular formula is C15H10N2O2S. The van der Waals surface area contributed by atoms with E-state index in [1.54, 1.807) is 6.07 Å². The zero-order chi connectivity index (χ0) is 13.9. The zero-order valence-electron chi connectivity index (χ0n) is 10.4. The van der Waals surface area contributed by atoms with E-state index in [4.69, 9.17) is 0 Å². The second-order valence-corrected chi connectivity index (χ2v) is 5.33. The minimum atomic E-state index is -0.354. The number of rotatable bonds is 4. The lowest BCUT2D eigenvalue weighted by molar-refractivity contribution is 0.0890. The van der Waals surface area contributed by atoms with Crippen LogP contribution in [-0.2, 0) is 0 Å². The summed E-state index contributed by atoms with van der Waals surface area (Å²) in [6.45, 7) is 0. The number of aromatic nitrogens is 2. The van der Waals surface area contributed by atoms with Crippen molar-refractivity contribution in [1.29, 1.82) is 0 Å². The van der Waals surface area contributed by atoms with E-state index in [0.717, 1.165) is 10.1 Å². The quantitative estimate of drug-likeness (QED) is 0.545. The van der Waals surface area contributed by atoms with Crippen molar-refractivity contribution < 1.29 is 9.59 Å². The lowest BCUT2D eigenvalue weighted by Crippen LogP contribution is -2.10. The van der Waals surface area contributed by atoms with Crippen molar-refractivity contribution in [3.63, 3.8) is 0 Å². The first kappa shape index (κ1) is 12.6. The third kappa shape index (κ3) is 2.48. The van der Waals surface area contributed by atoms with Crippen LogP contribution in [0.5, 0.6) is 0 Å². The minimum Gasteiger partial charge on any atom is -0.293 e. The van der Waals surface area contributed by atoms with Crippen LogP contribution in [0.1, 0.15) is 26.7 Å². The molecule has 0 radical (unpaired) electrons. The highest BCUT2D eigenvalue weighted by atomic mass is 32.1. The predicted octanol–water partition coefficient (Wildman–Crippen LogP) is 3.15. The molecule has 2 heterocycles. The Balaban J connectivity index is 1.81. The average Bonchev–Trinajstić information content (AvgIpc) is 2.92. The molecule has 0 saturated heterocycles. The van der Waals surface area contributed by atoms with Crippen LogP contribution in [-0.4, -0.2) is 21.5 Å². The molecule has 0 aliphatic rings. The maximum absolute atomic E-state index is 12.1. The number of benzene rings is 1. The molecule has 0 N–H and O–H groups in total. The number of fused-ring (bicyclic) bond motifs is 1. The summed E-state index contributed by atoms with van der Waals surface area (Å²) in [7, 11) is 0. The van der Waals surface area contributed by atoms with Crippen molar-refractivity contribution in [3.8, 4) is 0 Å². The summed E-state index contributed by atoms with van der Waals surface area (Å²) in [6, 6.07) is 11.2. The number of nitrogens with zero attached hydrogens (tertiary/aromatic N) is 2. The third-order valence-corrected chi connectivity index (χ3v) is 3.99. The highest BCUT2D eigenvalue weighted by molar-refractivity contribution is 7.20. The van der Waals surface area contributed by atoms with E-state index >= 15 is 0 Å². The van der Waals surface area contributed by atoms with Crippen molar-refractivity contribution in [1.82, 2.24) is 9.97 Å². The Morgan fingerprint density at radius 3 is 2.50 bits per heavy atom. The first-order valence-corrected chi connectivity index (χ1v) is 6.88. The normalized spacial score (nSPS) is 10.6. The number of thiophene rings is 1. The number of carbonyl (C=O) groups excluding carboxylic acids is 2. The van der Waals surface area contributed by atoms with Crippen LogP contribution in [0.2, 0.25) is 0 Å². The van der Waals surface area contributed by atoms with Gasteiger partial charge in [0.05, 0.1) is 11.3 Å². The molecule has 0 fully saturated rings. The van der Waals surface area contributed by atoms with Crippen molar-refractivity contribution in [3.05, 3.63) is 59.5 Å². The van der Waals surface area contributed by atoms with Crippen LogP contribution >= 0.6 is 11.3 Å². The topological polar surface area (TPSA) is 59.9 Å². The molecule has 0 amide bonds. The SMILES string of the molecule is O=C(CC(=O)c1cc2ccccc2s1)c1ncccn1. The smallest absolute Gasteiger partial charge is 0.207 e. The van der Waals surface area contributed by atoms with Crippen molar-refractivity contribution in [2.75, 3.05) is 0 Å². The van der Waals surface area contributed by atoms with E-state index in [1.165, 1.54) is 23.7 Å². The summed E-state index contributed by atoms with van der Waals surface area (Å²) in [5.74, 6) is -0.460. The molecule has 0 aliphatic heterocycles. The highest BCUT2D eigenvalue weighted by Gasteiger charge is 2.17. The number of Topliss-reactive ketones (excluding diaryl/α,β-unsaturated/α-hetero) is 2. The zero-order valence-corrected chi connectivity index (χ0v) is 11.3. The van der Waals surface area contributed by atoms with Gasteiger partial charge in [0.15, 0.2) is 11.6 Å². The Hall–Kier alpha value is -2.40. The molecule has 0 unspecified atom stereocenters. The molecule has 98 valence electrons. The minimum absolute atomic E-state index is 0.0851. The number of ketones is 2. The second-order valence-electron chi connectivity index (χ2n) is 4.24. The van der Waals surface area contributed by atoms with Crippen LogP contribution in [0.3, 0.4) is 0 Å². The summed E-state index contributed by atoms with van der Waals surface area (Å²) in [6.07, 6.45) is 2.78. The first-order valence-electron chi connectivity index (χ1n) is 6.06. The largest absolute Gasteiger partial charge is 0.293 e. The number of hydrogen-bond acceptors (Lipinski definition) is 5. The van der Waals surface area contributed by atoms with Gasteiger partial charge >= 0.3 is 0 Å². The fourth-order valence-electron chi connectivity index (χ4n) is 1.87. The van der Waals surface area contributed by atoms with Gasteiger partial charge in [0, 0.05) is 17.1 Å². The fraction of sp³-hybridized carbons (Fsp3) is 0.0667. The molecule has 0 bridgehead atoms. The molecule has 5 heteroatoms. The van der Waals surface area contributed by atoms with Crippen molar-refractivity contribution in [2.24, 2.45) is 0 Å². The van der Waals surface area contributed by atoms with E-state index < -0.39 is 0 Å².